The number of hydrogen-bond donors (Lipinski definition) is 0. The Bertz CT molecular complexity index is 645. The molecule has 0 spiro atoms. The van der Waals surface area contributed by atoms with Gasteiger partial charge in [-0.15, -0.1) is 5.10 Å². The SMILES string of the molecule is Cc1ccc(N2CCCN(Cc3nccn3C3CC3)CC2)nn1. The second-order valence-electron chi connectivity index (χ2n) is 6.63. The highest BCUT2D eigenvalue weighted by atomic mass is 15.3. The number of nitrogens with zero attached hydrogens (tertiary/aromatic N) is 6. The van der Waals surface area contributed by atoms with Crippen molar-refractivity contribution in [3.63, 3.8) is 0 Å². The van der Waals surface area contributed by atoms with E-state index in [4.69, 9.17) is 0 Å². The van der Waals surface area contributed by atoms with Gasteiger partial charge in [0.05, 0.1) is 12.2 Å². The summed E-state index contributed by atoms with van der Waals surface area (Å²) in [5.74, 6) is 2.22. The Kier molecular flexibility index (Phi) is 3.99. The van der Waals surface area contributed by atoms with Gasteiger partial charge in [-0.1, -0.05) is 0 Å². The molecule has 23 heavy (non-hydrogen) atoms. The molecular formula is C17H24N6. The average molecular weight is 312 g/mol. The van der Waals surface area contributed by atoms with Crippen LogP contribution in [0.5, 0.6) is 0 Å². The number of hydrogen-bond acceptors (Lipinski definition) is 5. The van der Waals surface area contributed by atoms with Crippen LogP contribution < -0.4 is 4.90 Å². The lowest BCUT2D eigenvalue weighted by Gasteiger charge is -2.22. The van der Waals surface area contributed by atoms with Gasteiger partial charge in [0, 0.05) is 44.6 Å². The molecule has 0 bridgehead atoms. The Balaban J connectivity index is 1.39. The maximum Gasteiger partial charge on any atom is 0.151 e. The monoisotopic (exact) mass is 312 g/mol. The van der Waals surface area contributed by atoms with Gasteiger partial charge in [-0.3, -0.25) is 4.90 Å². The van der Waals surface area contributed by atoms with Crippen molar-refractivity contribution in [3.8, 4) is 0 Å². The summed E-state index contributed by atoms with van der Waals surface area (Å²) in [5, 5.41) is 8.51. The highest BCUT2D eigenvalue weighted by Gasteiger charge is 2.26. The quantitative estimate of drug-likeness (QED) is 0.864. The highest BCUT2D eigenvalue weighted by Crippen LogP contribution is 2.35. The molecule has 122 valence electrons. The fraction of sp³-hybridized carbons (Fsp3) is 0.588. The van der Waals surface area contributed by atoms with Crippen LogP contribution in [-0.4, -0.2) is 50.8 Å². The van der Waals surface area contributed by atoms with E-state index >= 15 is 0 Å². The van der Waals surface area contributed by atoms with Crippen LogP contribution in [0.3, 0.4) is 0 Å². The third kappa shape index (κ3) is 3.37. The molecule has 0 radical (unpaired) electrons. The first-order valence-corrected chi connectivity index (χ1v) is 8.59. The minimum atomic E-state index is 0.707. The zero-order valence-corrected chi connectivity index (χ0v) is 13.7. The molecule has 0 N–H and O–H groups in total. The van der Waals surface area contributed by atoms with Gasteiger partial charge in [-0.05, 0) is 38.3 Å². The van der Waals surface area contributed by atoms with E-state index in [1.165, 1.54) is 18.7 Å². The van der Waals surface area contributed by atoms with Crippen LogP contribution in [0.1, 0.15) is 36.8 Å². The maximum atomic E-state index is 4.57. The number of aryl methyl sites for hydroxylation is 1. The van der Waals surface area contributed by atoms with Gasteiger partial charge in [0.15, 0.2) is 5.82 Å². The fourth-order valence-corrected chi connectivity index (χ4v) is 3.27. The topological polar surface area (TPSA) is 50.1 Å². The third-order valence-electron chi connectivity index (χ3n) is 4.75. The highest BCUT2D eigenvalue weighted by molar-refractivity contribution is 5.37. The van der Waals surface area contributed by atoms with Gasteiger partial charge >= 0.3 is 0 Å². The maximum absolute atomic E-state index is 4.57. The zero-order valence-electron chi connectivity index (χ0n) is 13.7. The zero-order chi connectivity index (χ0) is 15.6. The Labute approximate surface area is 137 Å². The van der Waals surface area contributed by atoms with Crippen molar-refractivity contribution in [1.29, 1.82) is 0 Å². The lowest BCUT2D eigenvalue weighted by molar-refractivity contribution is 0.274. The van der Waals surface area contributed by atoms with Gasteiger partial charge in [-0.2, -0.15) is 5.10 Å². The molecule has 2 aliphatic rings. The minimum Gasteiger partial charge on any atom is -0.354 e. The molecule has 1 saturated carbocycles. The van der Waals surface area contributed by atoms with Gasteiger partial charge < -0.3 is 9.47 Å². The van der Waals surface area contributed by atoms with E-state index in [0.29, 0.717) is 6.04 Å². The van der Waals surface area contributed by atoms with Gasteiger partial charge in [0.2, 0.25) is 0 Å². The summed E-state index contributed by atoms with van der Waals surface area (Å²) < 4.78 is 2.37. The van der Waals surface area contributed by atoms with E-state index in [9.17, 15) is 0 Å². The summed E-state index contributed by atoms with van der Waals surface area (Å²) >= 11 is 0. The lowest BCUT2D eigenvalue weighted by Crippen LogP contribution is -2.31. The second-order valence-corrected chi connectivity index (χ2v) is 6.63. The molecule has 1 aliphatic heterocycles. The van der Waals surface area contributed by atoms with Crippen LogP contribution in [0.2, 0.25) is 0 Å². The molecule has 2 aromatic heterocycles. The first-order chi connectivity index (χ1) is 11.3. The van der Waals surface area contributed by atoms with Crippen LogP contribution in [0, 0.1) is 6.92 Å². The first-order valence-electron chi connectivity index (χ1n) is 8.59. The van der Waals surface area contributed by atoms with Crippen molar-refractivity contribution < 1.29 is 0 Å². The standard InChI is InChI=1S/C17H24N6/c1-14-3-6-16(20-19-14)22-9-2-8-21(11-12-22)13-17-18-7-10-23(17)15-4-5-15/h3,6-7,10,15H,2,4-5,8-9,11-13H2,1H3. The summed E-state index contributed by atoms with van der Waals surface area (Å²) in [6.45, 7) is 7.15. The van der Waals surface area contributed by atoms with Crippen LogP contribution >= 0.6 is 0 Å². The Hall–Kier alpha value is -1.95. The molecule has 1 aliphatic carbocycles. The fourth-order valence-electron chi connectivity index (χ4n) is 3.27. The van der Waals surface area contributed by atoms with Gasteiger partial charge in [0.1, 0.15) is 5.82 Å². The number of rotatable bonds is 4. The Morgan fingerprint density at radius 2 is 2.00 bits per heavy atom. The average Bonchev–Trinajstić information content (AvgIpc) is 3.34. The van der Waals surface area contributed by atoms with Crippen LogP contribution in [0.4, 0.5) is 5.82 Å². The molecule has 0 amide bonds. The smallest absolute Gasteiger partial charge is 0.151 e. The van der Waals surface area contributed by atoms with Crippen LogP contribution in [-0.2, 0) is 6.54 Å². The molecule has 0 aromatic carbocycles. The Morgan fingerprint density at radius 1 is 1.09 bits per heavy atom. The summed E-state index contributed by atoms with van der Waals surface area (Å²) in [6.07, 6.45) is 7.85. The molecular weight excluding hydrogens is 288 g/mol. The molecule has 3 heterocycles. The predicted octanol–water partition coefficient (Wildman–Crippen LogP) is 2.03. The molecule has 4 rings (SSSR count). The Morgan fingerprint density at radius 3 is 2.78 bits per heavy atom. The van der Waals surface area contributed by atoms with E-state index in [2.05, 4.69) is 41.8 Å². The normalized spacial score (nSPS) is 19.8. The van der Waals surface area contributed by atoms with Gasteiger partial charge in [0.25, 0.3) is 0 Å². The van der Waals surface area contributed by atoms with Gasteiger partial charge in [-0.25, -0.2) is 4.98 Å². The summed E-state index contributed by atoms with van der Waals surface area (Å²) in [7, 11) is 0. The number of anilines is 1. The van der Waals surface area contributed by atoms with Crippen molar-refractivity contribution in [3.05, 3.63) is 36.0 Å². The van der Waals surface area contributed by atoms with E-state index in [1.807, 2.05) is 19.2 Å². The van der Waals surface area contributed by atoms with E-state index in [1.54, 1.807) is 0 Å². The predicted molar refractivity (Wildman–Crippen MR) is 89.4 cm³/mol. The summed E-state index contributed by atoms with van der Waals surface area (Å²) in [5.41, 5.74) is 0.970. The summed E-state index contributed by atoms with van der Waals surface area (Å²) in [4.78, 5) is 9.44. The number of aromatic nitrogens is 4. The van der Waals surface area contributed by atoms with E-state index < -0.39 is 0 Å². The molecule has 2 fully saturated rings. The second kappa shape index (κ2) is 6.28. The number of imidazole rings is 1. The molecule has 6 nitrogen and oxygen atoms in total. The van der Waals surface area contributed by atoms with Crippen LogP contribution in [0.15, 0.2) is 24.5 Å². The van der Waals surface area contributed by atoms with Crippen molar-refractivity contribution in [2.24, 2.45) is 0 Å². The molecule has 0 unspecified atom stereocenters. The van der Waals surface area contributed by atoms with E-state index in [0.717, 1.165) is 50.7 Å². The first kappa shape index (κ1) is 14.6. The third-order valence-corrected chi connectivity index (χ3v) is 4.75. The lowest BCUT2D eigenvalue weighted by atomic mass is 10.3. The van der Waals surface area contributed by atoms with Crippen molar-refractivity contribution in [2.75, 3.05) is 31.1 Å². The van der Waals surface area contributed by atoms with Crippen molar-refractivity contribution in [2.45, 2.75) is 38.8 Å². The molecule has 2 aromatic rings. The summed E-state index contributed by atoms with van der Waals surface area (Å²) in [6, 6.07) is 4.83. The molecule has 1 saturated heterocycles. The van der Waals surface area contributed by atoms with Crippen molar-refractivity contribution in [1.82, 2.24) is 24.6 Å². The minimum absolute atomic E-state index is 0.707. The van der Waals surface area contributed by atoms with Crippen LogP contribution in [0.25, 0.3) is 0 Å². The van der Waals surface area contributed by atoms with E-state index in [-0.39, 0.29) is 0 Å². The molecule has 6 heteroatoms. The van der Waals surface area contributed by atoms with Crippen molar-refractivity contribution >= 4 is 5.82 Å². The molecule has 0 atom stereocenters. The largest absolute Gasteiger partial charge is 0.354 e.